The Kier molecular flexibility index (Phi) is 5.95. The minimum atomic E-state index is 0.0750. The van der Waals surface area contributed by atoms with Crippen LogP contribution in [0.3, 0.4) is 0 Å². The molecule has 1 heterocycles. The molecule has 1 aromatic carbocycles. The first-order chi connectivity index (χ1) is 10.5. The second-order valence-electron chi connectivity index (χ2n) is 6.50. The molecule has 3 nitrogen and oxygen atoms in total. The van der Waals surface area contributed by atoms with E-state index in [2.05, 4.69) is 41.9 Å². The summed E-state index contributed by atoms with van der Waals surface area (Å²) in [5.41, 5.74) is 8.45. The Morgan fingerprint density at radius 1 is 1.09 bits per heavy atom. The zero-order chi connectivity index (χ0) is 16.0. The fraction of sp³-hybridized carbons (Fsp3) is 0.389. The van der Waals surface area contributed by atoms with E-state index in [1.807, 2.05) is 30.6 Å². The summed E-state index contributed by atoms with van der Waals surface area (Å²) in [6.07, 6.45) is 3.67. The summed E-state index contributed by atoms with van der Waals surface area (Å²) in [6.45, 7) is 7.72. The molecule has 0 aliphatic carbocycles. The third-order valence-electron chi connectivity index (χ3n) is 3.65. The van der Waals surface area contributed by atoms with Gasteiger partial charge in [-0.05, 0) is 47.4 Å². The summed E-state index contributed by atoms with van der Waals surface area (Å²) >= 11 is 6.10. The van der Waals surface area contributed by atoms with Gasteiger partial charge in [0.2, 0.25) is 0 Å². The van der Waals surface area contributed by atoms with Crippen LogP contribution in [0.15, 0.2) is 48.8 Å². The minimum absolute atomic E-state index is 0.0750. The summed E-state index contributed by atoms with van der Waals surface area (Å²) in [6, 6.07) is 12.1. The van der Waals surface area contributed by atoms with Crippen molar-refractivity contribution in [3.8, 4) is 0 Å². The highest BCUT2D eigenvalue weighted by molar-refractivity contribution is 6.30. The first kappa shape index (κ1) is 16.9. The van der Waals surface area contributed by atoms with Gasteiger partial charge in [-0.25, -0.2) is 0 Å². The molecule has 4 heteroatoms. The van der Waals surface area contributed by atoms with E-state index in [9.17, 15) is 0 Å². The third kappa shape index (κ3) is 5.41. The van der Waals surface area contributed by atoms with Crippen molar-refractivity contribution >= 4 is 11.6 Å². The highest BCUT2D eigenvalue weighted by Gasteiger charge is 2.20. The van der Waals surface area contributed by atoms with Crippen molar-refractivity contribution in [2.24, 2.45) is 11.1 Å². The van der Waals surface area contributed by atoms with Gasteiger partial charge in [-0.1, -0.05) is 37.6 Å². The van der Waals surface area contributed by atoms with Gasteiger partial charge in [0.05, 0.1) is 0 Å². The molecule has 0 saturated carbocycles. The maximum atomic E-state index is 6.10. The molecular formula is C18H24ClN3. The second-order valence-corrected chi connectivity index (χ2v) is 6.94. The van der Waals surface area contributed by atoms with Crippen LogP contribution in [0.5, 0.6) is 0 Å². The first-order valence-electron chi connectivity index (χ1n) is 7.54. The van der Waals surface area contributed by atoms with E-state index < -0.39 is 0 Å². The van der Waals surface area contributed by atoms with E-state index in [0.717, 1.165) is 24.7 Å². The molecule has 0 bridgehead atoms. The average Bonchev–Trinajstić information content (AvgIpc) is 2.48. The number of rotatable bonds is 7. The number of nitrogens with two attached hydrogens (primary N) is 1. The predicted molar refractivity (Wildman–Crippen MR) is 92.6 cm³/mol. The maximum Gasteiger partial charge on any atom is 0.0409 e. The Morgan fingerprint density at radius 2 is 1.77 bits per heavy atom. The Morgan fingerprint density at radius 3 is 2.41 bits per heavy atom. The van der Waals surface area contributed by atoms with Crippen LogP contribution in [-0.2, 0) is 13.1 Å². The molecule has 0 aliphatic heterocycles. The molecule has 1 aromatic heterocycles. The van der Waals surface area contributed by atoms with Crippen molar-refractivity contribution in [2.45, 2.75) is 26.9 Å². The van der Waals surface area contributed by atoms with Crippen molar-refractivity contribution in [2.75, 3.05) is 13.1 Å². The molecular weight excluding hydrogens is 294 g/mol. The number of benzene rings is 1. The van der Waals surface area contributed by atoms with E-state index in [-0.39, 0.29) is 5.41 Å². The number of aromatic nitrogens is 1. The SMILES string of the molecule is CC(C)(CN)CN(Cc1ccncc1)Cc1cccc(Cl)c1. The first-order valence-corrected chi connectivity index (χ1v) is 7.92. The summed E-state index contributed by atoms with van der Waals surface area (Å²) in [5, 5.41) is 0.777. The Labute approximate surface area is 138 Å². The Balaban J connectivity index is 2.14. The van der Waals surface area contributed by atoms with E-state index in [1.165, 1.54) is 11.1 Å². The van der Waals surface area contributed by atoms with Crippen molar-refractivity contribution < 1.29 is 0 Å². The molecule has 0 radical (unpaired) electrons. The fourth-order valence-electron chi connectivity index (χ4n) is 2.48. The Hall–Kier alpha value is -1.42. The molecule has 118 valence electrons. The lowest BCUT2D eigenvalue weighted by molar-refractivity contribution is 0.168. The van der Waals surface area contributed by atoms with Gasteiger partial charge in [-0.2, -0.15) is 0 Å². The minimum Gasteiger partial charge on any atom is -0.330 e. The summed E-state index contributed by atoms with van der Waals surface area (Å²) < 4.78 is 0. The lowest BCUT2D eigenvalue weighted by Gasteiger charge is -2.32. The highest BCUT2D eigenvalue weighted by atomic mass is 35.5. The molecule has 0 atom stereocenters. The van der Waals surface area contributed by atoms with Gasteiger partial charge >= 0.3 is 0 Å². The number of halogens is 1. The van der Waals surface area contributed by atoms with E-state index in [4.69, 9.17) is 17.3 Å². The predicted octanol–water partition coefficient (Wildman–Crippen LogP) is 3.72. The zero-order valence-corrected chi connectivity index (χ0v) is 14.1. The maximum absolute atomic E-state index is 6.10. The number of nitrogens with zero attached hydrogens (tertiary/aromatic N) is 2. The molecule has 0 amide bonds. The monoisotopic (exact) mass is 317 g/mol. The molecule has 2 aromatic rings. The van der Waals surface area contributed by atoms with E-state index in [1.54, 1.807) is 0 Å². The molecule has 2 N–H and O–H groups in total. The van der Waals surface area contributed by atoms with Crippen LogP contribution in [0.2, 0.25) is 5.02 Å². The highest BCUT2D eigenvalue weighted by Crippen LogP contribution is 2.20. The summed E-state index contributed by atoms with van der Waals surface area (Å²) in [5.74, 6) is 0. The standard InChI is InChI=1S/C18H24ClN3/c1-18(2,13-20)14-22(11-15-6-8-21-9-7-15)12-16-4-3-5-17(19)10-16/h3-10H,11-14,20H2,1-2H3. The van der Waals surface area contributed by atoms with Crippen molar-refractivity contribution in [1.82, 2.24) is 9.88 Å². The van der Waals surface area contributed by atoms with Crippen LogP contribution in [-0.4, -0.2) is 23.0 Å². The number of pyridine rings is 1. The lowest BCUT2D eigenvalue weighted by Crippen LogP contribution is -2.38. The van der Waals surface area contributed by atoms with Crippen LogP contribution in [0.1, 0.15) is 25.0 Å². The van der Waals surface area contributed by atoms with Gasteiger partial charge in [0, 0.05) is 37.1 Å². The molecule has 0 fully saturated rings. The Bertz CT molecular complexity index is 584. The molecule has 22 heavy (non-hydrogen) atoms. The van der Waals surface area contributed by atoms with E-state index >= 15 is 0 Å². The van der Waals surface area contributed by atoms with Crippen molar-refractivity contribution in [1.29, 1.82) is 0 Å². The summed E-state index contributed by atoms with van der Waals surface area (Å²) in [4.78, 5) is 6.49. The quantitative estimate of drug-likeness (QED) is 0.846. The lowest BCUT2D eigenvalue weighted by atomic mass is 9.92. The smallest absolute Gasteiger partial charge is 0.0409 e. The van der Waals surface area contributed by atoms with Crippen LogP contribution in [0.25, 0.3) is 0 Å². The molecule has 2 rings (SSSR count). The van der Waals surface area contributed by atoms with Gasteiger partial charge in [0.15, 0.2) is 0 Å². The van der Waals surface area contributed by atoms with Crippen LogP contribution in [0, 0.1) is 5.41 Å². The van der Waals surface area contributed by atoms with Gasteiger partial charge in [-0.3, -0.25) is 9.88 Å². The van der Waals surface area contributed by atoms with Gasteiger partial charge in [0.1, 0.15) is 0 Å². The molecule has 0 aliphatic rings. The fourth-order valence-corrected chi connectivity index (χ4v) is 2.69. The third-order valence-corrected chi connectivity index (χ3v) is 3.89. The largest absolute Gasteiger partial charge is 0.330 e. The second kappa shape index (κ2) is 7.73. The molecule has 0 spiro atoms. The van der Waals surface area contributed by atoms with Crippen LogP contribution in [0.4, 0.5) is 0 Å². The van der Waals surface area contributed by atoms with Crippen molar-refractivity contribution in [3.05, 3.63) is 64.9 Å². The van der Waals surface area contributed by atoms with Crippen LogP contribution < -0.4 is 5.73 Å². The molecule has 0 saturated heterocycles. The van der Waals surface area contributed by atoms with E-state index in [0.29, 0.717) is 6.54 Å². The summed E-state index contributed by atoms with van der Waals surface area (Å²) in [7, 11) is 0. The van der Waals surface area contributed by atoms with Gasteiger partial charge < -0.3 is 5.73 Å². The number of hydrogen-bond donors (Lipinski definition) is 1. The molecule has 0 unspecified atom stereocenters. The van der Waals surface area contributed by atoms with Gasteiger partial charge in [0.25, 0.3) is 0 Å². The topological polar surface area (TPSA) is 42.1 Å². The normalized spacial score (nSPS) is 11.9. The van der Waals surface area contributed by atoms with Crippen LogP contribution >= 0.6 is 11.6 Å². The van der Waals surface area contributed by atoms with Crippen molar-refractivity contribution in [3.63, 3.8) is 0 Å². The van der Waals surface area contributed by atoms with Gasteiger partial charge in [-0.15, -0.1) is 0 Å². The average molecular weight is 318 g/mol. The zero-order valence-electron chi connectivity index (χ0n) is 13.3. The number of hydrogen-bond acceptors (Lipinski definition) is 3.